The average Bonchev–Trinajstić information content (AvgIpc) is 2.68. The lowest BCUT2D eigenvalue weighted by molar-refractivity contribution is 0.0988. The maximum Gasteiger partial charge on any atom is 0.332 e. The average molecular weight is 348 g/mol. The third-order valence-corrected chi connectivity index (χ3v) is 4.38. The van der Waals surface area contributed by atoms with Crippen molar-refractivity contribution < 1.29 is 4.79 Å². The van der Waals surface area contributed by atoms with E-state index in [1.165, 1.54) is 10.6 Å². The van der Waals surface area contributed by atoms with Gasteiger partial charge < -0.3 is 0 Å². The Morgan fingerprint density at radius 3 is 2.38 bits per heavy atom. The highest BCUT2D eigenvalue weighted by atomic mass is 16.2. The van der Waals surface area contributed by atoms with Crippen molar-refractivity contribution >= 4 is 16.7 Å². The van der Waals surface area contributed by atoms with E-state index < -0.39 is 0 Å². The quantitative estimate of drug-likeness (QED) is 0.508. The summed E-state index contributed by atoms with van der Waals surface area (Å²) >= 11 is 0. The largest absolute Gasteiger partial charge is 0.332 e. The lowest BCUT2D eigenvalue weighted by atomic mass is 10.1. The molecule has 0 saturated heterocycles. The van der Waals surface area contributed by atoms with E-state index in [4.69, 9.17) is 0 Å². The molecule has 2 aromatic carbocycles. The van der Waals surface area contributed by atoms with Gasteiger partial charge in [0.15, 0.2) is 5.78 Å². The number of ketones is 1. The van der Waals surface area contributed by atoms with E-state index in [-0.39, 0.29) is 23.6 Å². The predicted molar refractivity (Wildman–Crippen MR) is 103 cm³/mol. The number of benzene rings is 2. The lowest BCUT2D eigenvalue weighted by Crippen LogP contribution is -2.40. The van der Waals surface area contributed by atoms with Gasteiger partial charge in [-0.2, -0.15) is 0 Å². The smallest absolute Gasteiger partial charge is 0.294 e. The third-order valence-electron chi connectivity index (χ3n) is 4.38. The summed E-state index contributed by atoms with van der Waals surface area (Å²) in [6, 6.07) is 14.3. The van der Waals surface area contributed by atoms with E-state index in [2.05, 4.69) is 6.58 Å². The summed E-state index contributed by atoms with van der Waals surface area (Å²) in [6.07, 6.45) is 1.99. The highest BCUT2D eigenvalue weighted by molar-refractivity contribution is 5.95. The fourth-order valence-electron chi connectivity index (χ4n) is 3.00. The molecule has 132 valence electrons. The minimum Gasteiger partial charge on any atom is -0.294 e. The molecule has 3 aromatic rings. The van der Waals surface area contributed by atoms with Gasteiger partial charge in [0.25, 0.3) is 5.56 Å². The summed E-state index contributed by atoms with van der Waals surface area (Å²) in [6.45, 7) is 5.93. The van der Waals surface area contributed by atoms with Crippen LogP contribution in [-0.4, -0.2) is 14.9 Å². The molecule has 0 aliphatic rings. The van der Waals surface area contributed by atoms with Crippen molar-refractivity contribution in [3.8, 4) is 0 Å². The standard InChI is InChI=1S/C21H20N2O3/c1-3-13-22-20(25)17-7-5-6-8-18(17)23(21(22)26)14-15-9-11-16(12-10-15)19(24)4-2/h3,5-12H,1,4,13-14H2,2H3. The Bertz CT molecular complexity index is 1090. The van der Waals surface area contributed by atoms with Gasteiger partial charge in [0.05, 0.1) is 17.4 Å². The first-order chi connectivity index (χ1) is 12.6. The first-order valence-electron chi connectivity index (χ1n) is 8.52. The van der Waals surface area contributed by atoms with Gasteiger partial charge in [0, 0.05) is 18.5 Å². The summed E-state index contributed by atoms with van der Waals surface area (Å²) in [5.74, 6) is 0.0821. The maximum absolute atomic E-state index is 12.8. The summed E-state index contributed by atoms with van der Waals surface area (Å²) in [5.41, 5.74) is 1.45. The van der Waals surface area contributed by atoms with E-state index >= 15 is 0 Å². The molecule has 3 rings (SSSR count). The molecule has 1 aromatic heterocycles. The van der Waals surface area contributed by atoms with Crippen LogP contribution in [0.15, 0.2) is 70.8 Å². The van der Waals surface area contributed by atoms with Gasteiger partial charge in [-0.1, -0.05) is 49.4 Å². The van der Waals surface area contributed by atoms with E-state index in [1.54, 1.807) is 41.0 Å². The number of Topliss-reactive ketones (excluding diaryl/α,β-unsaturated/α-hetero) is 1. The zero-order valence-corrected chi connectivity index (χ0v) is 14.6. The van der Waals surface area contributed by atoms with Crippen LogP contribution in [0.4, 0.5) is 0 Å². The number of hydrogen-bond donors (Lipinski definition) is 0. The molecular weight excluding hydrogens is 328 g/mol. The van der Waals surface area contributed by atoms with Gasteiger partial charge in [0.1, 0.15) is 0 Å². The van der Waals surface area contributed by atoms with Gasteiger partial charge >= 0.3 is 5.69 Å². The molecule has 0 bridgehead atoms. The van der Waals surface area contributed by atoms with Crippen molar-refractivity contribution in [3.63, 3.8) is 0 Å². The summed E-state index contributed by atoms with van der Waals surface area (Å²) in [4.78, 5) is 37.2. The molecule has 0 aliphatic carbocycles. The monoisotopic (exact) mass is 348 g/mol. The Morgan fingerprint density at radius 1 is 1.04 bits per heavy atom. The second kappa shape index (κ2) is 7.35. The highest BCUT2D eigenvalue weighted by Crippen LogP contribution is 2.12. The lowest BCUT2D eigenvalue weighted by Gasteiger charge is -2.13. The van der Waals surface area contributed by atoms with Crippen LogP contribution >= 0.6 is 0 Å². The predicted octanol–water partition coefficient (Wildman–Crippen LogP) is 2.99. The second-order valence-electron chi connectivity index (χ2n) is 6.06. The van der Waals surface area contributed by atoms with Gasteiger partial charge in [-0.05, 0) is 17.7 Å². The Morgan fingerprint density at radius 2 is 1.73 bits per heavy atom. The molecule has 0 saturated carbocycles. The number of para-hydroxylation sites is 1. The summed E-state index contributed by atoms with van der Waals surface area (Å²) in [7, 11) is 0. The molecule has 26 heavy (non-hydrogen) atoms. The van der Waals surface area contributed by atoms with E-state index in [0.29, 0.717) is 29.4 Å². The van der Waals surface area contributed by atoms with Gasteiger partial charge in [0.2, 0.25) is 0 Å². The molecule has 5 nitrogen and oxygen atoms in total. The van der Waals surface area contributed by atoms with Crippen molar-refractivity contribution in [1.29, 1.82) is 0 Å². The van der Waals surface area contributed by atoms with Crippen LogP contribution in [0.3, 0.4) is 0 Å². The zero-order chi connectivity index (χ0) is 18.7. The molecule has 0 aliphatic heterocycles. The number of aromatic nitrogens is 2. The van der Waals surface area contributed by atoms with Crippen LogP contribution in [0.5, 0.6) is 0 Å². The van der Waals surface area contributed by atoms with Crippen molar-refractivity contribution in [2.24, 2.45) is 0 Å². The van der Waals surface area contributed by atoms with Crippen molar-refractivity contribution in [2.75, 3.05) is 0 Å². The van der Waals surface area contributed by atoms with E-state index in [9.17, 15) is 14.4 Å². The molecular formula is C21H20N2O3. The Labute approximate surface area is 150 Å². The topological polar surface area (TPSA) is 61.1 Å². The SMILES string of the molecule is C=CCn1c(=O)c2ccccc2n(Cc2ccc(C(=O)CC)cc2)c1=O. The van der Waals surface area contributed by atoms with Crippen LogP contribution in [0.1, 0.15) is 29.3 Å². The van der Waals surface area contributed by atoms with Crippen LogP contribution in [-0.2, 0) is 13.1 Å². The normalized spacial score (nSPS) is 10.8. The minimum absolute atomic E-state index is 0.0821. The van der Waals surface area contributed by atoms with Crippen molar-refractivity contribution in [3.05, 3.63) is 93.2 Å². The van der Waals surface area contributed by atoms with Gasteiger partial charge in [-0.25, -0.2) is 4.79 Å². The Kier molecular flexibility index (Phi) is 4.98. The number of fused-ring (bicyclic) bond motifs is 1. The van der Waals surface area contributed by atoms with Crippen LogP contribution in [0, 0.1) is 0 Å². The van der Waals surface area contributed by atoms with Crippen molar-refractivity contribution in [1.82, 2.24) is 9.13 Å². The third kappa shape index (κ3) is 3.16. The maximum atomic E-state index is 12.8. The summed E-state index contributed by atoms with van der Waals surface area (Å²) < 4.78 is 2.77. The van der Waals surface area contributed by atoms with Crippen molar-refractivity contribution in [2.45, 2.75) is 26.4 Å². The van der Waals surface area contributed by atoms with Crippen LogP contribution < -0.4 is 11.2 Å². The van der Waals surface area contributed by atoms with Gasteiger partial charge in [-0.15, -0.1) is 6.58 Å². The fourth-order valence-corrected chi connectivity index (χ4v) is 3.00. The second-order valence-corrected chi connectivity index (χ2v) is 6.06. The molecule has 0 fully saturated rings. The number of carbonyl (C=O) groups excluding carboxylic acids is 1. The number of nitrogens with zero attached hydrogens (tertiary/aromatic N) is 2. The highest BCUT2D eigenvalue weighted by Gasteiger charge is 2.12. The zero-order valence-electron chi connectivity index (χ0n) is 14.6. The number of rotatable bonds is 6. The Hall–Kier alpha value is -3.21. The van der Waals surface area contributed by atoms with E-state index in [0.717, 1.165) is 5.56 Å². The minimum atomic E-state index is -0.373. The molecule has 5 heteroatoms. The molecule has 0 spiro atoms. The molecule has 0 unspecified atom stereocenters. The van der Waals surface area contributed by atoms with Crippen LogP contribution in [0.25, 0.3) is 10.9 Å². The number of hydrogen-bond acceptors (Lipinski definition) is 3. The molecule has 1 heterocycles. The molecule has 0 amide bonds. The first kappa shape index (κ1) is 17.6. The fraction of sp³-hybridized carbons (Fsp3) is 0.190. The number of allylic oxidation sites excluding steroid dienone is 1. The molecule has 0 atom stereocenters. The Balaban J connectivity index is 2.12. The summed E-state index contributed by atoms with van der Waals surface area (Å²) in [5, 5.41) is 0.492. The molecule has 0 N–H and O–H groups in total. The van der Waals surface area contributed by atoms with Crippen LogP contribution in [0.2, 0.25) is 0 Å². The van der Waals surface area contributed by atoms with Gasteiger partial charge in [-0.3, -0.25) is 18.7 Å². The molecule has 0 radical (unpaired) electrons. The first-order valence-corrected chi connectivity index (χ1v) is 8.52. The van der Waals surface area contributed by atoms with E-state index in [1.807, 2.05) is 19.1 Å². The number of carbonyl (C=O) groups is 1.